The number of aromatic carboxylic acids is 1. The molecule has 1 fully saturated rings. The van der Waals surface area contributed by atoms with Gasteiger partial charge in [0.2, 0.25) is 17.7 Å². The number of aromatic nitrogens is 5. The highest BCUT2D eigenvalue weighted by atomic mass is 32.1. The largest absolute Gasteiger partial charge is 0.480 e. The molecule has 3 aromatic rings. The Morgan fingerprint density at radius 1 is 1.39 bits per heavy atom. The Bertz CT molecular complexity index is 1240. The standard InChI is InChI=1S/C21H25N7O4S.H2/c1-10-6-12(10)18(29)24-19-17(20(30)31)13-7-11(4-5-14(13)33-19)28-9-22-25-21(28)23-15-8-16(32-3)26-27(15)2;/h8-12H,4-7H2,1-3H3,(H,23,25)(H,24,29)(H,30,31);1H/t10-,11-,12-;/m0./s1. The van der Waals surface area contributed by atoms with E-state index in [1.165, 1.54) is 11.3 Å². The van der Waals surface area contributed by atoms with E-state index in [1.54, 1.807) is 31.2 Å². The van der Waals surface area contributed by atoms with Crippen molar-refractivity contribution < 1.29 is 20.9 Å². The molecule has 0 unspecified atom stereocenters. The summed E-state index contributed by atoms with van der Waals surface area (Å²) in [4.78, 5) is 25.6. The van der Waals surface area contributed by atoms with Gasteiger partial charge in [0.1, 0.15) is 17.1 Å². The van der Waals surface area contributed by atoms with Gasteiger partial charge >= 0.3 is 5.97 Å². The lowest BCUT2D eigenvalue weighted by molar-refractivity contribution is -0.117. The van der Waals surface area contributed by atoms with Gasteiger partial charge in [-0.1, -0.05) is 6.92 Å². The number of hydrogen-bond donors (Lipinski definition) is 3. The van der Waals surface area contributed by atoms with Gasteiger partial charge in [-0.25, -0.2) is 9.48 Å². The molecule has 0 aliphatic heterocycles. The molecule has 2 aliphatic carbocycles. The first-order valence-electron chi connectivity index (χ1n) is 10.8. The topological polar surface area (TPSA) is 136 Å². The van der Waals surface area contributed by atoms with E-state index in [0.717, 1.165) is 29.7 Å². The van der Waals surface area contributed by atoms with Crippen molar-refractivity contribution in [1.82, 2.24) is 24.5 Å². The van der Waals surface area contributed by atoms with Crippen LogP contribution in [-0.4, -0.2) is 48.6 Å². The summed E-state index contributed by atoms with van der Waals surface area (Å²) >= 11 is 1.38. The predicted molar refractivity (Wildman–Crippen MR) is 123 cm³/mol. The molecule has 12 heteroatoms. The van der Waals surface area contributed by atoms with Gasteiger partial charge in [0.15, 0.2) is 0 Å². The van der Waals surface area contributed by atoms with Crippen molar-refractivity contribution in [3.8, 4) is 5.88 Å². The molecule has 1 saturated carbocycles. The quantitative estimate of drug-likeness (QED) is 0.476. The second-order valence-corrected chi connectivity index (χ2v) is 9.71. The van der Waals surface area contributed by atoms with Crippen molar-refractivity contribution in [1.29, 1.82) is 0 Å². The van der Waals surface area contributed by atoms with Gasteiger partial charge in [0, 0.05) is 31.4 Å². The molecule has 5 rings (SSSR count). The summed E-state index contributed by atoms with van der Waals surface area (Å²) in [5.74, 6) is 0.948. The number of carboxylic acid groups (broad SMARTS) is 1. The second-order valence-electron chi connectivity index (χ2n) is 8.60. The molecular weight excluding hydrogens is 446 g/mol. The Morgan fingerprint density at radius 2 is 2.18 bits per heavy atom. The van der Waals surface area contributed by atoms with Crippen LogP contribution in [0.15, 0.2) is 12.4 Å². The van der Waals surface area contributed by atoms with Crippen molar-refractivity contribution in [2.75, 3.05) is 17.7 Å². The summed E-state index contributed by atoms with van der Waals surface area (Å²) in [6.07, 6.45) is 4.55. The molecule has 3 N–H and O–H groups in total. The summed E-state index contributed by atoms with van der Waals surface area (Å²) in [5, 5.41) is 29.0. The minimum atomic E-state index is -1.02. The van der Waals surface area contributed by atoms with Crippen molar-refractivity contribution in [3.05, 3.63) is 28.4 Å². The molecule has 11 nitrogen and oxygen atoms in total. The molecule has 3 atom stereocenters. The minimum Gasteiger partial charge on any atom is -0.480 e. The Hall–Kier alpha value is -3.41. The number of fused-ring (bicyclic) bond motifs is 1. The van der Waals surface area contributed by atoms with E-state index in [4.69, 9.17) is 4.74 Å². The van der Waals surface area contributed by atoms with Crippen LogP contribution in [0.25, 0.3) is 0 Å². The first-order valence-corrected chi connectivity index (χ1v) is 11.6. The Kier molecular flexibility index (Phi) is 5.31. The van der Waals surface area contributed by atoms with Crippen molar-refractivity contribution >= 4 is 40.0 Å². The third-order valence-electron chi connectivity index (χ3n) is 6.40. The number of thiophene rings is 1. The lowest BCUT2D eigenvalue weighted by Gasteiger charge is -2.25. The van der Waals surface area contributed by atoms with Crippen LogP contribution >= 0.6 is 11.3 Å². The van der Waals surface area contributed by atoms with Crippen molar-refractivity contribution in [3.63, 3.8) is 0 Å². The van der Waals surface area contributed by atoms with Crippen LogP contribution in [-0.2, 0) is 24.7 Å². The lowest BCUT2D eigenvalue weighted by atomic mass is 9.91. The van der Waals surface area contributed by atoms with Gasteiger partial charge in [-0.2, -0.15) is 0 Å². The Morgan fingerprint density at radius 3 is 2.85 bits per heavy atom. The average Bonchev–Trinajstić information content (AvgIpc) is 3.10. The highest BCUT2D eigenvalue weighted by molar-refractivity contribution is 7.17. The number of carbonyl (C=O) groups is 2. The number of carbonyl (C=O) groups excluding carboxylic acids is 1. The third-order valence-corrected chi connectivity index (χ3v) is 7.61. The summed E-state index contributed by atoms with van der Waals surface area (Å²) in [6.45, 7) is 2.03. The predicted octanol–water partition coefficient (Wildman–Crippen LogP) is 3.09. The van der Waals surface area contributed by atoms with E-state index < -0.39 is 5.97 Å². The number of amides is 1. The number of anilines is 3. The number of carboxylic acids is 1. The number of hydrogen-bond acceptors (Lipinski definition) is 8. The molecule has 33 heavy (non-hydrogen) atoms. The average molecular weight is 474 g/mol. The molecule has 0 saturated heterocycles. The van der Waals surface area contributed by atoms with Crippen LogP contribution in [0.3, 0.4) is 0 Å². The SMILES string of the molecule is COc1cc(Nc2nncn2[C@H]2CCc3sc(NC(=O)[C@H]4C[C@@H]4C)c(C(=O)O)c3C2)n(C)n1.[HH]. The van der Waals surface area contributed by atoms with Gasteiger partial charge in [0.05, 0.1) is 12.7 Å². The number of rotatable bonds is 7. The number of ether oxygens (including phenoxy) is 1. The van der Waals surface area contributed by atoms with E-state index in [2.05, 4.69) is 25.9 Å². The number of nitrogens with one attached hydrogen (secondary N) is 2. The molecule has 0 radical (unpaired) electrons. The van der Waals surface area contributed by atoms with E-state index in [1.807, 2.05) is 11.5 Å². The van der Waals surface area contributed by atoms with Gasteiger partial charge in [-0.05, 0) is 37.2 Å². The Labute approximate surface area is 195 Å². The first kappa shape index (κ1) is 21.4. The van der Waals surface area contributed by atoms with Gasteiger partial charge in [-0.15, -0.1) is 26.6 Å². The maximum Gasteiger partial charge on any atom is 0.339 e. The van der Waals surface area contributed by atoms with Crippen LogP contribution in [0.5, 0.6) is 5.88 Å². The zero-order valence-electron chi connectivity index (χ0n) is 18.5. The van der Waals surface area contributed by atoms with Gasteiger partial charge < -0.3 is 20.5 Å². The van der Waals surface area contributed by atoms with E-state index >= 15 is 0 Å². The maximum atomic E-state index is 12.5. The summed E-state index contributed by atoms with van der Waals surface area (Å²) in [7, 11) is 3.35. The number of nitrogens with zero attached hydrogens (tertiary/aromatic N) is 5. The maximum absolute atomic E-state index is 12.5. The van der Waals surface area contributed by atoms with Crippen molar-refractivity contribution in [2.45, 2.75) is 38.6 Å². The molecule has 3 heterocycles. The van der Waals surface area contributed by atoms with Crippen LogP contribution in [0, 0.1) is 11.8 Å². The molecule has 1 amide bonds. The molecule has 2 aliphatic rings. The number of aryl methyl sites for hydroxylation is 2. The Balaban J connectivity index is 0.00000274. The third kappa shape index (κ3) is 3.94. The zero-order valence-corrected chi connectivity index (χ0v) is 19.3. The zero-order chi connectivity index (χ0) is 23.3. The fourth-order valence-electron chi connectivity index (χ4n) is 4.38. The normalized spacial score (nSPS) is 21.4. The second kappa shape index (κ2) is 8.18. The summed E-state index contributed by atoms with van der Waals surface area (Å²) in [5.41, 5.74) is 0.991. The van der Waals surface area contributed by atoms with Gasteiger partial charge in [0.25, 0.3) is 0 Å². The molecule has 0 aromatic carbocycles. The monoisotopic (exact) mass is 473 g/mol. The van der Waals surface area contributed by atoms with Gasteiger partial charge in [-0.3, -0.25) is 9.36 Å². The molecule has 176 valence electrons. The van der Waals surface area contributed by atoms with Crippen molar-refractivity contribution in [2.24, 2.45) is 18.9 Å². The number of methoxy groups -OCH3 is 1. The van der Waals surface area contributed by atoms with E-state index in [-0.39, 0.29) is 24.9 Å². The highest BCUT2D eigenvalue weighted by Crippen LogP contribution is 2.43. The minimum absolute atomic E-state index is 0. The fourth-order valence-corrected chi connectivity index (χ4v) is 5.62. The van der Waals surface area contributed by atoms with E-state index in [9.17, 15) is 14.7 Å². The van der Waals surface area contributed by atoms with Crippen LogP contribution in [0.1, 0.15) is 48.0 Å². The fraction of sp³-hybridized carbons (Fsp3) is 0.476. The lowest BCUT2D eigenvalue weighted by Crippen LogP contribution is -2.21. The molecule has 0 bridgehead atoms. The summed E-state index contributed by atoms with van der Waals surface area (Å²) < 4.78 is 8.74. The van der Waals surface area contributed by atoms with Crippen LogP contribution in [0.2, 0.25) is 0 Å². The van der Waals surface area contributed by atoms with Crippen LogP contribution in [0.4, 0.5) is 16.8 Å². The van der Waals surface area contributed by atoms with Crippen LogP contribution < -0.4 is 15.4 Å². The molecule has 3 aromatic heterocycles. The molecular formula is C21H27N7O4S. The summed E-state index contributed by atoms with van der Waals surface area (Å²) in [6, 6.07) is 1.74. The smallest absolute Gasteiger partial charge is 0.339 e. The highest BCUT2D eigenvalue weighted by Gasteiger charge is 2.40. The first-order chi connectivity index (χ1) is 15.9. The molecule has 0 spiro atoms. The van der Waals surface area contributed by atoms with E-state index in [0.29, 0.717) is 35.0 Å².